The summed E-state index contributed by atoms with van der Waals surface area (Å²) in [5.74, 6) is 2.76. The average molecular weight is 439 g/mol. The number of hydrogen-bond acceptors (Lipinski definition) is 2. The molecule has 4 heteroatoms. The van der Waals surface area contributed by atoms with Crippen molar-refractivity contribution < 1.29 is 0 Å². The lowest BCUT2D eigenvalue weighted by Crippen LogP contribution is -2.50. The molecule has 2 nitrogen and oxygen atoms in total. The minimum absolute atomic E-state index is 0.660. The molecule has 2 aromatic carbocycles. The third-order valence-corrected chi connectivity index (χ3v) is 8.09. The van der Waals surface area contributed by atoms with E-state index >= 15 is 0 Å². The zero-order valence-corrected chi connectivity index (χ0v) is 19.6. The summed E-state index contributed by atoms with van der Waals surface area (Å²) in [6, 6.07) is 16.0. The number of benzene rings is 2. The average Bonchev–Trinajstić information content (AvgIpc) is 3.09. The van der Waals surface area contributed by atoms with Gasteiger partial charge in [-0.3, -0.25) is 4.90 Å². The normalized spacial score (nSPS) is 23.6. The van der Waals surface area contributed by atoms with Crippen molar-refractivity contribution in [3.63, 3.8) is 0 Å². The lowest BCUT2D eigenvalue weighted by molar-refractivity contribution is 0.0926. The topological polar surface area (TPSA) is 8.17 Å². The van der Waals surface area contributed by atoms with Crippen molar-refractivity contribution in [3.05, 3.63) is 70.4 Å². The van der Waals surface area contributed by atoms with Crippen molar-refractivity contribution in [1.82, 2.24) is 9.47 Å². The molecule has 1 fully saturated rings. The molecule has 1 aromatic heterocycles. The Kier molecular flexibility index (Phi) is 5.88. The Bertz CT molecular complexity index is 1030. The SMILES string of the molecule is CCCN1CC(CSC)C[C@@H]2c3cccc4c3c(cn4Cc3ccc(Cl)cc3)C[C@H]21. The zero-order chi connectivity index (χ0) is 20.7. The molecule has 1 unspecified atom stereocenters. The number of thioether (sulfide) groups is 1. The summed E-state index contributed by atoms with van der Waals surface area (Å²) in [7, 11) is 0. The Balaban J connectivity index is 1.54. The van der Waals surface area contributed by atoms with E-state index in [0.717, 1.165) is 17.5 Å². The van der Waals surface area contributed by atoms with Crippen LogP contribution in [0.3, 0.4) is 0 Å². The van der Waals surface area contributed by atoms with Crippen LogP contribution in [0, 0.1) is 5.92 Å². The van der Waals surface area contributed by atoms with E-state index < -0.39 is 0 Å². The number of hydrogen-bond donors (Lipinski definition) is 0. The van der Waals surface area contributed by atoms with Crippen molar-refractivity contribution in [1.29, 1.82) is 0 Å². The largest absolute Gasteiger partial charge is 0.343 e. The molecule has 0 bridgehead atoms. The zero-order valence-electron chi connectivity index (χ0n) is 18.0. The molecule has 30 heavy (non-hydrogen) atoms. The Morgan fingerprint density at radius 3 is 2.73 bits per heavy atom. The van der Waals surface area contributed by atoms with E-state index in [2.05, 4.69) is 59.2 Å². The molecule has 3 aromatic rings. The van der Waals surface area contributed by atoms with Crippen LogP contribution in [-0.4, -0.2) is 40.6 Å². The molecule has 2 heterocycles. The lowest BCUT2D eigenvalue weighted by atomic mass is 9.72. The molecule has 0 amide bonds. The third kappa shape index (κ3) is 3.70. The summed E-state index contributed by atoms with van der Waals surface area (Å²) < 4.78 is 2.46. The van der Waals surface area contributed by atoms with Crippen LogP contribution in [0.2, 0.25) is 5.02 Å². The van der Waals surface area contributed by atoms with Crippen LogP contribution < -0.4 is 0 Å². The van der Waals surface area contributed by atoms with Crippen molar-refractivity contribution >= 4 is 34.3 Å². The maximum Gasteiger partial charge on any atom is 0.0489 e. The smallest absolute Gasteiger partial charge is 0.0489 e. The van der Waals surface area contributed by atoms with Gasteiger partial charge in [0.25, 0.3) is 0 Å². The molecule has 0 radical (unpaired) electrons. The van der Waals surface area contributed by atoms with E-state index in [1.807, 2.05) is 23.9 Å². The van der Waals surface area contributed by atoms with E-state index in [9.17, 15) is 0 Å². The van der Waals surface area contributed by atoms with Gasteiger partial charge >= 0.3 is 0 Å². The standard InChI is InChI=1S/C26H31ClN2S/c1-3-11-28-15-19(17-30-2)12-23-22-5-4-6-24-26(22)20(13-25(23)28)16-29(24)14-18-7-9-21(27)10-8-18/h4-10,16,19,23,25H,3,11-15,17H2,1-2H3/t19?,23-,25-/m1/s1. The Labute approximate surface area is 189 Å². The van der Waals surface area contributed by atoms with E-state index in [1.54, 1.807) is 11.1 Å². The van der Waals surface area contributed by atoms with Crippen molar-refractivity contribution in [2.24, 2.45) is 5.92 Å². The fourth-order valence-corrected chi connectivity index (χ4v) is 6.73. The van der Waals surface area contributed by atoms with Crippen LogP contribution in [0.4, 0.5) is 0 Å². The highest BCUT2D eigenvalue weighted by atomic mass is 35.5. The molecule has 1 aliphatic carbocycles. The number of halogens is 1. The van der Waals surface area contributed by atoms with Gasteiger partial charge in [-0.05, 0) is 78.6 Å². The van der Waals surface area contributed by atoms with Gasteiger partial charge in [0.05, 0.1) is 0 Å². The number of aromatic nitrogens is 1. The van der Waals surface area contributed by atoms with Gasteiger partial charge in [0.1, 0.15) is 0 Å². The Hall–Kier alpha value is -1.42. The molecule has 5 rings (SSSR count). The highest BCUT2D eigenvalue weighted by molar-refractivity contribution is 7.98. The quantitative estimate of drug-likeness (QED) is 0.437. The van der Waals surface area contributed by atoms with E-state index in [1.165, 1.54) is 54.6 Å². The van der Waals surface area contributed by atoms with Crippen molar-refractivity contribution in [2.75, 3.05) is 25.1 Å². The van der Waals surface area contributed by atoms with Crippen molar-refractivity contribution in [2.45, 2.75) is 44.7 Å². The minimum atomic E-state index is 0.660. The van der Waals surface area contributed by atoms with Gasteiger partial charge < -0.3 is 4.57 Å². The second kappa shape index (κ2) is 8.61. The van der Waals surface area contributed by atoms with Crippen molar-refractivity contribution in [3.8, 4) is 0 Å². The molecule has 0 saturated carbocycles. The van der Waals surface area contributed by atoms with Gasteiger partial charge in [0.15, 0.2) is 0 Å². The van der Waals surface area contributed by atoms with Crippen LogP contribution in [-0.2, 0) is 13.0 Å². The number of likely N-dealkylation sites (tertiary alicyclic amines) is 1. The molecule has 1 saturated heterocycles. The summed E-state index contributed by atoms with van der Waals surface area (Å²) in [6.07, 6.45) is 8.46. The number of rotatable bonds is 6. The highest BCUT2D eigenvalue weighted by Crippen LogP contribution is 2.45. The first kappa shape index (κ1) is 20.5. The van der Waals surface area contributed by atoms with E-state index in [-0.39, 0.29) is 0 Å². The molecular weight excluding hydrogens is 408 g/mol. The van der Waals surface area contributed by atoms with Crippen LogP contribution in [0.25, 0.3) is 10.9 Å². The number of piperidine rings is 1. The Morgan fingerprint density at radius 2 is 1.97 bits per heavy atom. The summed E-state index contributed by atoms with van der Waals surface area (Å²) in [5.41, 5.74) is 5.84. The molecular formula is C26H31ClN2S. The maximum absolute atomic E-state index is 6.10. The van der Waals surface area contributed by atoms with Gasteiger partial charge in [0.2, 0.25) is 0 Å². The van der Waals surface area contributed by atoms with E-state index in [0.29, 0.717) is 12.0 Å². The fourth-order valence-electron chi connectivity index (χ4n) is 5.89. The predicted octanol–water partition coefficient (Wildman–Crippen LogP) is 6.45. The maximum atomic E-state index is 6.10. The van der Waals surface area contributed by atoms with Gasteiger partial charge in [-0.2, -0.15) is 11.8 Å². The lowest BCUT2D eigenvalue weighted by Gasteiger charge is -2.47. The molecule has 2 aliphatic rings. The van der Waals surface area contributed by atoms with Gasteiger partial charge in [-0.15, -0.1) is 0 Å². The number of nitrogens with zero attached hydrogens (tertiary/aromatic N) is 2. The number of fused-ring (bicyclic) bond motifs is 2. The van der Waals surface area contributed by atoms with E-state index in [4.69, 9.17) is 11.6 Å². The summed E-state index contributed by atoms with van der Waals surface area (Å²) in [6.45, 7) is 5.72. The molecule has 158 valence electrons. The highest BCUT2D eigenvalue weighted by Gasteiger charge is 2.40. The monoisotopic (exact) mass is 438 g/mol. The first-order chi connectivity index (χ1) is 14.7. The van der Waals surface area contributed by atoms with Gasteiger partial charge in [-0.25, -0.2) is 0 Å². The van der Waals surface area contributed by atoms with Crippen LogP contribution >= 0.6 is 23.4 Å². The van der Waals surface area contributed by atoms with Crippen LogP contribution in [0.5, 0.6) is 0 Å². The summed E-state index contributed by atoms with van der Waals surface area (Å²) in [4.78, 5) is 2.81. The van der Waals surface area contributed by atoms with Gasteiger partial charge in [-0.1, -0.05) is 42.8 Å². The summed E-state index contributed by atoms with van der Waals surface area (Å²) >= 11 is 8.11. The van der Waals surface area contributed by atoms with Gasteiger partial charge in [0, 0.05) is 47.2 Å². The van der Waals surface area contributed by atoms with Crippen LogP contribution in [0.15, 0.2) is 48.7 Å². The second-order valence-corrected chi connectivity index (χ2v) is 10.4. The Morgan fingerprint density at radius 1 is 1.13 bits per heavy atom. The third-order valence-electron chi connectivity index (χ3n) is 7.04. The molecule has 0 spiro atoms. The molecule has 0 N–H and O–H groups in total. The van der Waals surface area contributed by atoms with Crippen LogP contribution in [0.1, 0.15) is 42.4 Å². The first-order valence-electron chi connectivity index (χ1n) is 11.3. The second-order valence-electron chi connectivity index (χ2n) is 9.08. The predicted molar refractivity (Wildman–Crippen MR) is 131 cm³/mol. The molecule has 3 atom stereocenters. The first-order valence-corrected chi connectivity index (χ1v) is 13.0. The summed E-state index contributed by atoms with van der Waals surface area (Å²) in [5, 5.41) is 2.34. The minimum Gasteiger partial charge on any atom is -0.343 e. The fraction of sp³-hybridized carbons (Fsp3) is 0.462. The molecule has 1 aliphatic heterocycles.